The highest BCUT2D eigenvalue weighted by molar-refractivity contribution is 7.18. The summed E-state index contributed by atoms with van der Waals surface area (Å²) in [7, 11) is 0. The Bertz CT molecular complexity index is 1080. The number of hydrazone groups is 1. The number of nitrogens with zero attached hydrogens (tertiary/aromatic N) is 2. The molecule has 0 saturated heterocycles. The van der Waals surface area contributed by atoms with Gasteiger partial charge in [0.15, 0.2) is 5.84 Å². The molecule has 6 nitrogen and oxygen atoms in total. The molecule has 8 heteroatoms. The minimum absolute atomic E-state index is 0.407. The highest BCUT2D eigenvalue weighted by atomic mass is 35.5. The number of benzene rings is 1. The van der Waals surface area contributed by atoms with E-state index in [1.165, 1.54) is 4.70 Å². The van der Waals surface area contributed by atoms with Crippen LogP contribution in [-0.4, -0.2) is 10.8 Å². The summed E-state index contributed by atoms with van der Waals surface area (Å²) >= 11 is 7.74. The topological polar surface area (TPSA) is 101 Å². The Kier molecular flexibility index (Phi) is 4.50. The largest absolute Gasteiger partial charge is 0.343 e. The maximum Gasteiger partial charge on any atom is 0.166 e. The third kappa shape index (κ3) is 3.01. The van der Waals surface area contributed by atoms with Crippen LogP contribution < -0.4 is 22.4 Å². The number of pyridine rings is 1. The minimum atomic E-state index is 0.407. The second-order valence-electron chi connectivity index (χ2n) is 5.91. The van der Waals surface area contributed by atoms with Crippen LogP contribution in [0.1, 0.15) is 18.4 Å². The monoisotopic (exact) mass is 384 g/mol. The highest BCUT2D eigenvalue weighted by Gasteiger charge is 2.13. The molecule has 2 aromatic heterocycles. The number of halogens is 1. The number of nitrogens with two attached hydrogens (primary N) is 2. The molecule has 3 aromatic rings. The van der Waals surface area contributed by atoms with Crippen molar-refractivity contribution in [1.29, 1.82) is 0 Å². The number of fused-ring (bicyclic) bond motifs is 3. The lowest BCUT2D eigenvalue weighted by atomic mass is 10.1. The summed E-state index contributed by atoms with van der Waals surface area (Å²) in [6, 6.07) is 7.96. The predicted molar refractivity (Wildman–Crippen MR) is 110 cm³/mol. The summed E-state index contributed by atoms with van der Waals surface area (Å²) in [5, 5.41) is 12.3. The number of hydrazine groups is 1. The summed E-state index contributed by atoms with van der Waals surface area (Å²) in [5.41, 5.74) is 5.23. The SMILES string of the molecule is N/N=C(\NN)c1ccc2c(c1)nc(NC1=CC=C(Cl)CC1)c1ccsc12. The second-order valence-corrected chi connectivity index (χ2v) is 7.31. The van der Waals surface area contributed by atoms with Crippen LogP contribution in [0, 0.1) is 0 Å². The average Bonchev–Trinajstić information content (AvgIpc) is 3.15. The fourth-order valence-electron chi connectivity index (χ4n) is 3.01. The Morgan fingerprint density at radius 1 is 1.19 bits per heavy atom. The first-order valence-electron chi connectivity index (χ1n) is 8.07. The molecule has 0 fully saturated rings. The van der Waals surface area contributed by atoms with Crippen molar-refractivity contribution in [2.45, 2.75) is 12.8 Å². The van der Waals surface area contributed by atoms with Crippen LogP contribution in [0.15, 0.2) is 57.6 Å². The summed E-state index contributed by atoms with van der Waals surface area (Å²) in [5.74, 6) is 12.1. The molecule has 6 N–H and O–H groups in total. The molecular weight excluding hydrogens is 368 g/mol. The Morgan fingerprint density at radius 3 is 2.81 bits per heavy atom. The number of amidine groups is 1. The fraction of sp³-hybridized carbons (Fsp3) is 0.111. The van der Waals surface area contributed by atoms with Gasteiger partial charge in [-0.25, -0.2) is 10.8 Å². The van der Waals surface area contributed by atoms with Gasteiger partial charge in [-0.05, 0) is 42.5 Å². The molecule has 4 rings (SSSR count). The number of rotatable bonds is 3. The predicted octanol–water partition coefficient (Wildman–Crippen LogP) is 3.75. The molecule has 0 unspecified atom stereocenters. The quantitative estimate of drug-likeness (QED) is 0.238. The third-order valence-electron chi connectivity index (χ3n) is 4.31. The zero-order valence-electron chi connectivity index (χ0n) is 13.8. The summed E-state index contributed by atoms with van der Waals surface area (Å²) < 4.78 is 1.18. The van der Waals surface area contributed by atoms with Gasteiger partial charge in [-0.1, -0.05) is 23.7 Å². The Hall–Kier alpha value is -2.61. The molecule has 0 aliphatic heterocycles. The van der Waals surface area contributed by atoms with Crippen LogP contribution in [0.25, 0.3) is 21.0 Å². The van der Waals surface area contributed by atoms with E-state index in [4.69, 9.17) is 28.3 Å². The van der Waals surface area contributed by atoms with Gasteiger partial charge in [0.25, 0.3) is 0 Å². The Labute approximate surface area is 159 Å². The molecule has 132 valence electrons. The molecule has 0 radical (unpaired) electrons. The average molecular weight is 385 g/mol. The lowest BCUT2D eigenvalue weighted by Gasteiger charge is -2.15. The van der Waals surface area contributed by atoms with Crippen molar-refractivity contribution < 1.29 is 0 Å². The van der Waals surface area contributed by atoms with E-state index in [9.17, 15) is 0 Å². The van der Waals surface area contributed by atoms with Crippen molar-refractivity contribution in [1.82, 2.24) is 10.4 Å². The molecule has 26 heavy (non-hydrogen) atoms. The van der Waals surface area contributed by atoms with Gasteiger partial charge in [0.05, 0.1) is 5.52 Å². The van der Waals surface area contributed by atoms with Crippen molar-refractivity contribution in [2.75, 3.05) is 5.32 Å². The van der Waals surface area contributed by atoms with E-state index < -0.39 is 0 Å². The first-order chi connectivity index (χ1) is 12.7. The first-order valence-corrected chi connectivity index (χ1v) is 9.33. The van der Waals surface area contributed by atoms with Crippen molar-refractivity contribution in [2.24, 2.45) is 16.8 Å². The number of allylic oxidation sites excluding steroid dienone is 4. The molecule has 0 saturated carbocycles. The smallest absolute Gasteiger partial charge is 0.166 e. The van der Waals surface area contributed by atoms with Crippen molar-refractivity contribution in [3.8, 4) is 0 Å². The van der Waals surface area contributed by atoms with E-state index >= 15 is 0 Å². The molecule has 0 atom stereocenters. The van der Waals surface area contributed by atoms with Crippen molar-refractivity contribution in [3.63, 3.8) is 0 Å². The van der Waals surface area contributed by atoms with Crippen LogP contribution in [0.3, 0.4) is 0 Å². The molecule has 0 bridgehead atoms. The number of hydrogen-bond donors (Lipinski definition) is 4. The fourth-order valence-corrected chi connectivity index (χ4v) is 4.10. The molecule has 0 spiro atoms. The lowest BCUT2D eigenvalue weighted by Crippen LogP contribution is -2.32. The maximum atomic E-state index is 6.05. The summed E-state index contributed by atoms with van der Waals surface area (Å²) in [6.07, 6.45) is 5.63. The molecule has 0 amide bonds. The zero-order valence-corrected chi connectivity index (χ0v) is 15.4. The molecular formula is C18H17ClN6S. The van der Waals surface area contributed by atoms with Gasteiger partial charge in [0, 0.05) is 31.8 Å². The van der Waals surface area contributed by atoms with Gasteiger partial charge in [0.2, 0.25) is 0 Å². The van der Waals surface area contributed by atoms with Crippen LogP contribution in [-0.2, 0) is 0 Å². The molecule has 2 heterocycles. The zero-order chi connectivity index (χ0) is 18.1. The summed E-state index contributed by atoms with van der Waals surface area (Å²) in [4.78, 5) is 4.84. The van der Waals surface area contributed by atoms with Gasteiger partial charge < -0.3 is 16.6 Å². The van der Waals surface area contributed by atoms with Crippen LogP contribution in [0.4, 0.5) is 5.82 Å². The number of nitrogens with one attached hydrogen (secondary N) is 2. The van der Waals surface area contributed by atoms with Crippen LogP contribution in [0.5, 0.6) is 0 Å². The van der Waals surface area contributed by atoms with E-state index in [-0.39, 0.29) is 0 Å². The maximum absolute atomic E-state index is 6.05. The van der Waals surface area contributed by atoms with Gasteiger partial charge in [-0.15, -0.1) is 11.3 Å². The van der Waals surface area contributed by atoms with Gasteiger partial charge in [-0.3, -0.25) is 0 Å². The second kappa shape index (κ2) is 6.95. The number of hydrogen-bond acceptors (Lipinski definition) is 6. The van der Waals surface area contributed by atoms with Crippen LogP contribution >= 0.6 is 22.9 Å². The van der Waals surface area contributed by atoms with Crippen LogP contribution in [0.2, 0.25) is 0 Å². The molecule has 1 aliphatic rings. The minimum Gasteiger partial charge on any atom is -0.343 e. The molecule has 1 aliphatic carbocycles. The first kappa shape index (κ1) is 16.8. The van der Waals surface area contributed by atoms with E-state index in [1.54, 1.807) is 11.3 Å². The summed E-state index contributed by atoms with van der Waals surface area (Å²) in [6.45, 7) is 0. The Morgan fingerprint density at radius 2 is 2.08 bits per heavy atom. The lowest BCUT2D eigenvalue weighted by molar-refractivity contribution is 0.949. The van der Waals surface area contributed by atoms with E-state index in [0.717, 1.165) is 51.2 Å². The van der Waals surface area contributed by atoms with Gasteiger partial charge >= 0.3 is 0 Å². The molecule has 1 aromatic carbocycles. The van der Waals surface area contributed by atoms with Crippen molar-refractivity contribution >= 4 is 55.6 Å². The van der Waals surface area contributed by atoms with Gasteiger partial charge in [0.1, 0.15) is 5.82 Å². The number of anilines is 1. The van der Waals surface area contributed by atoms with Gasteiger partial charge in [-0.2, -0.15) is 5.10 Å². The standard InChI is InChI=1S/C18H17ClN6S/c19-11-2-4-12(5-3-11)22-18-14-7-8-26-16(14)13-6-1-10(9-15(13)23-18)17(24-20)25-21/h1-2,4,6-9H,3,5,20-21H2,(H,22,23)(H,24,25). The number of aromatic nitrogens is 1. The Balaban J connectivity index is 1.84. The van der Waals surface area contributed by atoms with Crippen molar-refractivity contribution in [3.05, 3.63) is 58.1 Å². The van der Waals surface area contributed by atoms with E-state index in [0.29, 0.717) is 5.84 Å². The highest BCUT2D eigenvalue weighted by Crippen LogP contribution is 2.35. The van der Waals surface area contributed by atoms with E-state index in [2.05, 4.69) is 27.3 Å². The third-order valence-corrected chi connectivity index (χ3v) is 5.57. The number of thiophene rings is 1. The normalized spacial score (nSPS) is 15.1. The van der Waals surface area contributed by atoms with E-state index in [1.807, 2.05) is 30.4 Å².